The smallest absolute Gasteiger partial charge is 0.246 e. The number of fused-ring (bicyclic) bond motifs is 4. The van der Waals surface area contributed by atoms with E-state index in [2.05, 4.69) is 21.7 Å². The van der Waals surface area contributed by atoms with Gasteiger partial charge in [-0.1, -0.05) is 18.2 Å². The third kappa shape index (κ3) is 1.24. The number of nitrogens with zero attached hydrogens (tertiary/aromatic N) is 2. The van der Waals surface area contributed by atoms with Gasteiger partial charge in [-0.05, 0) is 6.07 Å². The molecule has 0 unspecified atom stereocenters. The zero-order chi connectivity index (χ0) is 15.5. The zero-order valence-electron chi connectivity index (χ0n) is 11.6. The molecule has 0 bridgehead atoms. The van der Waals surface area contributed by atoms with Gasteiger partial charge in [0.25, 0.3) is 0 Å². The molecule has 3 heterocycles. The molecule has 2 aliphatic rings. The Balaban J connectivity index is 2.16. The Hall–Kier alpha value is -3.27. The molecule has 0 saturated carbocycles. The van der Waals surface area contributed by atoms with Gasteiger partial charge in [0.05, 0.1) is 5.57 Å². The molecule has 1 amide bonds. The summed E-state index contributed by atoms with van der Waals surface area (Å²) in [4.78, 5) is 17.2. The highest BCUT2D eigenvalue weighted by Crippen LogP contribution is 2.51. The lowest BCUT2D eigenvalue weighted by molar-refractivity contribution is -0.118. The van der Waals surface area contributed by atoms with E-state index in [1.807, 2.05) is 6.07 Å². The van der Waals surface area contributed by atoms with Crippen LogP contribution in [-0.4, -0.2) is 10.9 Å². The number of hydrogen-bond donors (Lipinski definition) is 3. The first-order chi connectivity index (χ1) is 10.6. The summed E-state index contributed by atoms with van der Waals surface area (Å²) in [6.07, 6.45) is 0. The highest BCUT2D eigenvalue weighted by molar-refractivity contribution is 6.12. The van der Waals surface area contributed by atoms with Crippen molar-refractivity contribution in [2.24, 2.45) is 5.73 Å². The van der Waals surface area contributed by atoms with Crippen LogP contribution in [-0.2, 0) is 10.2 Å². The molecular formula is C15H11N5O2. The van der Waals surface area contributed by atoms with Gasteiger partial charge < -0.3 is 20.8 Å². The van der Waals surface area contributed by atoms with Crippen molar-refractivity contribution in [2.45, 2.75) is 12.3 Å². The number of nitrogens with one attached hydrogen (secondary N) is 2. The van der Waals surface area contributed by atoms with Gasteiger partial charge in [0.15, 0.2) is 11.3 Å². The normalized spacial score (nSPS) is 21.9. The Morgan fingerprint density at radius 1 is 1.36 bits per heavy atom. The molecule has 0 radical (unpaired) electrons. The molecule has 22 heavy (non-hydrogen) atoms. The van der Waals surface area contributed by atoms with Crippen LogP contribution in [0.3, 0.4) is 0 Å². The molecule has 0 fully saturated rings. The molecule has 1 spiro atoms. The maximum absolute atomic E-state index is 12.8. The van der Waals surface area contributed by atoms with Crippen molar-refractivity contribution in [1.82, 2.24) is 4.98 Å². The van der Waals surface area contributed by atoms with E-state index in [0.717, 1.165) is 0 Å². The third-order valence-electron chi connectivity index (χ3n) is 4.01. The highest BCUT2D eigenvalue weighted by atomic mass is 16.4. The van der Waals surface area contributed by atoms with Crippen molar-refractivity contribution in [3.05, 3.63) is 52.8 Å². The van der Waals surface area contributed by atoms with Crippen LogP contribution in [0.1, 0.15) is 17.1 Å². The first-order valence-electron chi connectivity index (χ1n) is 6.65. The van der Waals surface area contributed by atoms with Crippen LogP contribution in [0.5, 0.6) is 0 Å². The Bertz CT molecular complexity index is 905. The monoisotopic (exact) mass is 293 g/mol. The fourth-order valence-electron chi connectivity index (χ4n) is 3.16. The minimum atomic E-state index is -1.37. The Morgan fingerprint density at radius 3 is 2.91 bits per heavy atom. The van der Waals surface area contributed by atoms with Gasteiger partial charge in [0.1, 0.15) is 17.6 Å². The predicted octanol–water partition coefficient (Wildman–Crippen LogP) is 1.34. The Morgan fingerprint density at radius 2 is 2.14 bits per heavy atom. The fourth-order valence-corrected chi connectivity index (χ4v) is 3.16. The Labute approximate surface area is 125 Å². The fraction of sp³-hybridized carbons (Fsp3) is 0.133. The van der Waals surface area contributed by atoms with Crippen LogP contribution < -0.4 is 16.4 Å². The number of nitriles is 1. The number of oxazole rings is 1. The largest absolute Gasteiger partial charge is 0.425 e. The van der Waals surface area contributed by atoms with E-state index in [9.17, 15) is 10.1 Å². The third-order valence-corrected chi connectivity index (χ3v) is 4.01. The second-order valence-corrected chi connectivity index (χ2v) is 5.19. The van der Waals surface area contributed by atoms with Gasteiger partial charge in [-0.2, -0.15) is 5.26 Å². The molecule has 2 aromatic rings. The van der Waals surface area contributed by atoms with Crippen LogP contribution >= 0.6 is 0 Å². The summed E-state index contributed by atoms with van der Waals surface area (Å²) in [5.41, 5.74) is 6.37. The quantitative estimate of drug-likeness (QED) is 0.674. The van der Waals surface area contributed by atoms with Gasteiger partial charge >= 0.3 is 0 Å². The van der Waals surface area contributed by atoms with Crippen molar-refractivity contribution in [1.29, 1.82) is 5.26 Å². The summed E-state index contributed by atoms with van der Waals surface area (Å²) in [6.45, 7) is 1.68. The number of nitrogens with two attached hydrogens (primary N) is 1. The number of anilines is 2. The summed E-state index contributed by atoms with van der Waals surface area (Å²) in [7, 11) is 0. The molecule has 1 aromatic heterocycles. The van der Waals surface area contributed by atoms with Gasteiger partial charge in [0.2, 0.25) is 11.8 Å². The summed E-state index contributed by atoms with van der Waals surface area (Å²) in [5, 5.41) is 15.2. The predicted molar refractivity (Wildman–Crippen MR) is 77.5 cm³/mol. The van der Waals surface area contributed by atoms with Gasteiger partial charge in [-0.25, -0.2) is 4.98 Å². The average molecular weight is 293 g/mol. The molecule has 1 aromatic carbocycles. The van der Waals surface area contributed by atoms with E-state index in [1.54, 1.807) is 25.1 Å². The van der Waals surface area contributed by atoms with Crippen LogP contribution in [0.2, 0.25) is 0 Å². The van der Waals surface area contributed by atoms with E-state index in [4.69, 9.17) is 10.2 Å². The second-order valence-electron chi connectivity index (χ2n) is 5.19. The highest BCUT2D eigenvalue weighted by Gasteiger charge is 2.57. The molecule has 0 saturated heterocycles. The molecule has 4 N–H and O–H groups in total. The maximum atomic E-state index is 12.8. The van der Waals surface area contributed by atoms with Crippen LogP contribution in [0.25, 0.3) is 0 Å². The average Bonchev–Trinajstić information content (AvgIpc) is 2.99. The standard InChI is InChI=1S/C15H11N5O2/c1-7-18-11-13(22-7)20-12(17)9(6-16)15(11)8-4-2-3-5-10(8)19-14(15)21/h2-5,20H,17H2,1H3,(H,19,21)/t15-/m0/s1. The number of rotatable bonds is 0. The number of amides is 1. The number of hydrogen-bond acceptors (Lipinski definition) is 6. The van der Waals surface area contributed by atoms with Crippen molar-refractivity contribution in [2.75, 3.05) is 10.6 Å². The first-order valence-corrected chi connectivity index (χ1v) is 6.65. The number of carbonyl (C=O) groups excluding carboxylic acids is 1. The van der Waals surface area contributed by atoms with E-state index < -0.39 is 5.41 Å². The van der Waals surface area contributed by atoms with E-state index in [1.165, 1.54) is 0 Å². The summed E-state index contributed by atoms with van der Waals surface area (Å²) in [5.74, 6) is 0.421. The van der Waals surface area contributed by atoms with Crippen molar-refractivity contribution in [3.63, 3.8) is 0 Å². The summed E-state index contributed by atoms with van der Waals surface area (Å²) in [6, 6.07) is 9.24. The number of aryl methyl sites for hydroxylation is 1. The molecule has 7 heteroatoms. The van der Waals surface area contributed by atoms with Crippen molar-refractivity contribution in [3.8, 4) is 6.07 Å². The lowest BCUT2D eigenvalue weighted by Crippen LogP contribution is -2.43. The molecular weight excluding hydrogens is 282 g/mol. The van der Waals surface area contributed by atoms with E-state index in [0.29, 0.717) is 28.7 Å². The number of benzene rings is 1. The van der Waals surface area contributed by atoms with Crippen molar-refractivity contribution >= 4 is 17.5 Å². The number of aromatic nitrogens is 1. The first kappa shape index (κ1) is 12.5. The number of carbonyl (C=O) groups is 1. The van der Waals surface area contributed by atoms with E-state index in [-0.39, 0.29) is 17.3 Å². The number of para-hydroxylation sites is 1. The maximum Gasteiger partial charge on any atom is 0.246 e. The molecule has 7 nitrogen and oxygen atoms in total. The lowest BCUT2D eigenvalue weighted by Gasteiger charge is -2.30. The van der Waals surface area contributed by atoms with E-state index >= 15 is 0 Å². The van der Waals surface area contributed by atoms with Crippen LogP contribution in [0.15, 0.2) is 40.1 Å². The second kappa shape index (κ2) is 3.89. The van der Waals surface area contributed by atoms with Gasteiger partial charge in [0, 0.05) is 18.2 Å². The van der Waals surface area contributed by atoms with Crippen LogP contribution in [0.4, 0.5) is 11.6 Å². The topological polar surface area (TPSA) is 117 Å². The Kier molecular flexibility index (Phi) is 2.20. The molecule has 2 aliphatic heterocycles. The zero-order valence-corrected chi connectivity index (χ0v) is 11.6. The minimum Gasteiger partial charge on any atom is -0.425 e. The summed E-state index contributed by atoms with van der Waals surface area (Å²) < 4.78 is 5.49. The minimum absolute atomic E-state index is 0.0954. The lowest BCUT2D eigenvalue weighted by atomic mass is 9.71. The SMILES string of the molecule is Cc1nc2c(o1)NC(N)=C(C#N)[C@]21C(=O)Nc2ccccc21. The summed E-state index contributed by atoms with van der Waals surface area (Å²) >= 11 is 0. The molecule has 1 atom stereocenters. The van der Waals surface area contributed by atoms with Gasteiger partial charge in [-0.3, -0.25) is 4.79 Å². The van der Waals surface area contributed by atoms with Crippen molar-refractivity contribution < 1.29 is 9.21 Å². The van der Waals surface area contributed by atoms with Gasteiger partial charge in [-0.15, -0.1) is 0 Å². The molecule has 4 rings (SSSR count). The van der Waals surface area contributed by atoms with Crippen LogP contribution in [0, 0.1) is 18.3 Å². The molecule has 108 valence electrons. The molecule has 0 aliphatic carbocycles.